The highest BCUT2D eigenvalue weighted by Gasteiger charge is 2.06. The van der Waals surface area contributed by atoms with Crippen LogP contribution < -0.4 is 10.1 Å². The van der Waals surface area contributed by atoms with Gasteiger partial charge in [-0.2, -0.15) is 5.10 Å². The molecule has 3 aromatic heterocycles. The van der Waals surface area contributed by atoms with Gasteiger partial charge in [0.1, 0.15) is 17.9 Å². The van der Waals surface area contributed by atoms with Crippen LogP contribution in [0.2, 0.25) is 0 Å². The van der Waals surface area contributed by atoms with Crippen LogP contribution >= 0.6 is 0 Å². The predicted octanol–water partition coefficient (Wildman–Crippen LogP) is 3.28. The average molecular weight is 304 g/mol. The van der Waals surface area contributed by atoms with Crippen LogP contribution in [0.4, 0.5) is 11.5 Å². The first kappa shape index (κ1) is 13.2. The van der Waals surface area contributed by atoms with Gasteiger partial charge in [-0.1, -0.05) is 12.1 Å². The highest BCUT2D eigenvalue weighted by atomic mass is 16.5. The second kappa shape index (κ2) is 5.72. The summed E-state index contributed by atoms with van der Waals surface area (Å²) >= 11 is 0. The SMILES string of the molecule is c1ccc(Oc2cccc(Nc3ncnc4[nH]ncc34)c2)nc1. The molecular formula is C16H12N6O. The fourth-order valence-electron chi connectivity index (χ4n) is 2.17. The van der Waals surface area contributed by atoms with Crippen LogP contribution in [0.5, 0.6) is 11.6 Å². The predicted molar refractivity (Wildman–Crippen MR) is 85.7 cm³/mol. The molecule has 3 heterocycles. The van der Waals surface area contributed by atoms with Gasteiger partial charge in [0.2, 0.25) is 5.88 Å². The number of hydrogen-bond donors (Lipinski definition) is 2. The van der Waals surface area contributed by atoms with Crippen molar-refractivity contribution in [3.8, 4) is 11.6 Å². The average Bonchev–Trinajstić information content (AvgIpc) is 3.06. The Morgan fingerprint density at radius 3 is 2.91 bits per heavy atom. The number of H-pyrrole nitrogens is 1. The number of fused-ring (bicyclic) bond motifs is 1. The fraction of sp³-hybridized carbons (Fsp3) is 0. The molecule has 0 saturated heterocycles. The van der Waals surface area contributed by atoms with Crippen LogP contribution in [-0.2, 0) is 0 Å². The minimum absolute atomic E-state index is 0.545. The number of ether oxygens (including phenoxy) is 1. The molecule has 0 fully saturated rings. The van der Waals surface area contributed by atoms with Gasteiger partial charge in [0.25, 0.3) is 0 Å². The lowest BCUT2D eigenvalue weighted by Crippen LogP contribution is -1.95. The van der Waals surface area contributed by atoms with E-state index in [1.807, 2.05) is 36.4 Å². The molecule has 2 N–H and O–H groups in total. The highest BCUT2D eigenvalue weighted by molar-refractivity contribution is 5.87. The Morgan fingerprint density at radius 1 is 1.00 bits per heavy atom. The number of anilines is 2. The highest BCUT2D eigenvalue weighted by Crippen LogP contribution is 2.26. The molecule has 0 aliphatic heterocycles. The Kier molecular flexibility index (Phi) is 3.28. The first-order chi connectivity index (χ1) is 11.4. The number of nitrogens with one attached hydrogen (secondary N) is 2. The molecule has 0 aliphatic rings. The molecule has 0 unspecified atom stereocenters. The molecule has 0 bridgehead atoms. The van der Waals surface area contributed by atoms with E-state index in [-0.39, 0.29) is 0 Å². The maximum atomic E-state index is 5.73. The van der Waals surface area contributed by atoms with Gasteiger partial charge in [-0.05, 0) is 18.2 Å². The Labute approximate surface area is 131 Å². The van der Waals surface area contributed by atoms with E-state index >= 15 is 0 Å². The van der Waals surface area contributed by atoms with Gasteiger partial charge in [0.15, 0.2) is 5.65 Å². The normalized spacial score (nSPS) is 10.6. The van der Waals surface area contributed by atoms with Crippen molar-refractivity contribution in [1.29, 1.82) is 0 Å². The van der Waals surface area contributed by atoms with E-state index < -0.39 is 0 Å². The lowest BCUT2D eigenvalue weighted by molar-refractivity contribution is 0.463. The number of aromatic amines is 1. The van der Waals surface area contributed by atoms with Crippen LogP contribution in [0.15, 0.2) is 61.2 Å². The van der Waals surface area contributed by atoms with E-state index in [2.05, 4.69) is 30.5 Å². The van der Waals surface area contributed by atoms with Crippen LogP contribution in [-0.4, -0.2) is 25.1 Å². The number of nitrogens with zero attached hydrogens (tertiary/aromatic N) is 4. The van der Waals surface area contributed by atoms with Crippen molar-refractivity contribution in [3.63, 3.8) is 0 Å². The van der Waals surface area contributed by atoms with Gasteiger partial charge >= 0.3 is 0 Å². The fourth-order valence-corrected chi connectivity index (χ4v) is 2.17. The number of aromatic nitrogens is 5. The van der Waals surface area contributed by atoms with Crippen molar-refractivity contribution < 1.29 is 4.74 Å². The molecule has 0 spiro atoms. The van der Waals surface area contributed by atoms with E-state index in [4.69, 9.17) is 4.74 Å². The van der Waals surface area contributed by atoms with Crippen molar-refractivity contribution >= 4 is 22.5 Å². The first-order valence-corrected chi connectivity index (χ1v) is 6.98. The Morgan fingerprint density at radius 2 is 2.00 bits per heavy atom. The van der Waals surface area contributed by atoms with Crippen molar-refractivity contribution in [2.24, 2.45) is 0 Å². The van der Waals surface area contributed by atoms with Gasteiger partial charge in [0, 0.05) is 24.0 Å². The van der Waals surface area contributed by atoms with Gasteiger partial charge in [-0.15, -0.1) is 0 Å². The lowest BCUT2D eigenvalue weighted by atomic mass is 10.3. The third kappa shape index (κ3) is 2.80. The Balaban J connectivity index is 1.60. The summed E-state index contributed by atoms with van der Waals surface area (Å²) in [5.41, 5.74) is 1.53. The lowest BCUT2D eigenvalue weighted by Gasteiger charge is -2.09. The topological polar surface area (TPSA) is 88.6 Å². The molecule has 23 heavy (non-hydrogen) atoms. The summed E-state index contributed by atoms with van der Waals surface area (Å²) in [6, 6.07) is 13.1. The van der Waals surface area contributed by atoms with Crippen LogP contribution in [0.3, 0.4) is 0 Å². The van der Waals surface area contributed by atoms with Gasteiger partial charge in [-0.3, -0.25) is 5.10 Å². The largest absolute Gasteiger partial charge is 0.439 e. The second-order valence-electron chi connectivity index (χ2n) is 4.78. The van der Waals surface area contributed by atoms with Crippen molar-refractivity contribution in [1.82, 2.24) is 25.1 Å². The second-order valence-corrected chi connectivity index (χ2v) is 4.78. The van der Waals surface area contributed by atoms with E-state index in [9.17, 15) is 0 Å². The molecule has 1 aromatic carbocycles. The molecule has 7 heteroatoms. The van der Waals surface area contributed by atoms with Gasteiger partial charge in [-0.25, -0.2) is 15.0 Å². The third-order valence-electron chi connectivity index (χ3n) is 3.20. The van der Waals surface area contributed by atoms with E-state index in [1.165, 1.54) is 6.33 Å². The van der Waals surface area contributed by atoms with Gasteiger partial charge in [0.05, 0.1) is 11.6 Å². The molecule has 4 rings (SSSR count). The minimum atomic E-state index is 0.545. The quantitative estimate of drug-likeness (QED) is 0.601. The summed E-state index contributed by atoms with van der Waals surface area (Å²) in [6.07, 6.45) is 4.86. The summed E-state index contributed by atoms with van der Waals surface area (Å²) in [6.45, 7) is 0. The van der Waals surface area contributed by atoms with Crippen LogP contribution in [0, 0.1) is 0 Å². The summed E-state index contributed by atoms with van der Waals surface area (Å²) in [5, 5.41) is 10.9. The zero-order chi connectivity index (χ0) is 15.5. The zero-order valence-corrected chi connectivity index (χ0v) is 12.0. The summed E-state index contributed by atoms with van der Waals surface area (Å²) in [7, 11) is 0. The van der Waals surface area contributed by atoms with Gasteiger partial charge < -0.3 is 10.1 Å². The number of pyridine rings is 1. The first-order valence-electron chi connectivity index (χ1n) is 6.98. The molecule has 0 aliphatic carbocycles. The van der Waals surface area contributed by atoms with Crippen molar-refractivity contribution in [2.75, 3.05) is 5.32 Å². The minimum Gasteiger partial charge on any atom is -0.439 e. The number of rotatable bonds is 4. The maximum Gasteiger partial charge on any atom is 0.219 e. The number of benzene rings is 1. The monoisotopic (exact) mass is 304 g/mol. The standard InChI is InChI=1S/C16H12N6O/c1-2-7-17-14(6-1)23-12-5-3-4-11(8-12)21-15-13-9-20-22-16(13)19-10-18-15/h1-10H,(H2,18,19,20,21,22). The van der Waals surface area contributed by atoms with E-state index in [0.717, 1.165) is 11.1 Å². The molecule has 0 radical (unpaired) electrons. The van der Waals surface area contributed by atoms with Crippen LogP contribution in [0.25, 0.3) is 11.0 Å². The Bertz CT molecular complexity index is 937. The summed E-state index contributed by atoms with van der Waals surface area (Å²) in [4.78, 5) is 12.5. The molecule has 0 atom stereocenters. The van der Waals surface area contributed by atoms with Crippen LogP contribution in [0.1, 0.15) is 0 Å². The smallest absolute Gasteiger partial charge is 0.219 e. The van der Waals surface area contributed by atoms with Crippen molar-refractivity contribution in [2.45, 2.75) is 0 Å². The third-order valence-corrected chi connectivity index (χ3v) is 3.20. The Hall–Kier alpha value is -3.48. The zero-order valence-electron chi connectivity index (χ0n) is 12.0. The molecule has 0 saturated carbocycles. The molecule has 112 valence electrons. The number of hydrogen-bond acceptors (Lipinski definition) is 6. The molecule has 4 aromatic rings. The summed E-state index contributed by atoms with van der Waals surface area (Å²) < 4.78 is 5.73. The molecule has 7 nitrogen and oxygen atoms in total. The summed E-state index contributed by atoms with van der Waals surface area (Å²) in [5.74, 6) is 1.91. The van der Waals surface area contributed by atoms with E-state index in [1.54, 1.807) is 18.5 Å². The maximum absolute atomic E-state index is 5.73. The molecule has 0 amide bonds. The van der Waals surface area contributed by atoms with Crippen molar-refractivity contribution in [3.05, 3.63) is 61.2 Å². The molecular weight excluding hydrogens is 292 g/mol. The van der Waals surface area contributed by atoms with E-state index in [0.29, 0.717) is 23.1 Å².